The molecule has 0 bridgehead atoms. The molecule has 2 rings (SSSR count). The maximum atomic E-state index is 11.8. The summed E-state index contributed by atoms with van der Waals surface area (Å²) in [6.07, 6.45) is 3.24. The molecule has 0 heterocycles. The van der Waals surface area contributed by atoms with Crippen molar-refractivity contribution >= 4 is 29.4 Å². The van der Waals surface area contributed by atoms with Crippen molar-refractivity contribution in [2.45, 2.75) is 12.8 Å². The number of nitrogens with one attached hydrogen (secondary N) is 3. The third-order valence-electron chi connectivity index (χ3n) is 3.04. The average molecular weight is 317 g/mol. The van der Waals surface area contributed by atoms with Crippen LogP contribution in [-0.2, 0) is 14.4 Å². The maximum Gasteiger partial charge on any atom is 0.328 e. The van der Waals surface area contributed by atoms with Crippen molar-refractivity contribution in [1.29, 1.82) is 0 Å². The Morgan fingerprint density at radius 2 is 1.65 bits per heavy atom. The smallest absolute Gasteiger partial charge is 0.328 e. The molecule has 1 aromatic carbocycles. The van der Waals surface area contributed by atoms with Crippen LogP contribution in [0.25, 0.3) is 0 Å². The Balaban J connectivity index is 1.83. The molecular weight excluding hydrogens is 302 g/mol. The van der Waals surface area contributed by atoms with Crippen LogP contribution in [-0.4, -0.2) is 28.8 Å². The normalized spacial score (nSPS) is 13.4. The van der Waals surface area contributed by atoms with Gasteiger partial charge in [0.25, 0.3) is 11.8 Å². The first-order valence-corrected chi connectivity index (χ1v) is 6.88. The molecule has 0 aliphatic heterocycles. The van der Waals surface area contributed by atoms with E-state index < -0.39 is 17.8 Å². The number of carboxylic acids is 1. The van der Waals surface area contributed by atoms with Crippen LogP contribution in [0.3, 0.4) is 0 Å². The molecule has 0 atom stereocenters. The van der Waals surface area contributed by atoms with Gasteiger partial charge in [0, 0.05) is 29.3 Å². The largest absolute Gasteiger partial charge is 0.478 e. The fourth-order valence-electron chi connectivity index (χ4n) is 1.67. The molecule has 0 unspecified atom stereocenters. The minimum absolute atomic E-state index is 0.0281. The van der Waals surface area contributed by atoms with Gasteiger partial charge in [-0.15, -0.1) is 0 Å². The SMILES string of the molecule is O=C(O)/C=C/C(=O)NNC(=O)c1ccc(NC(=O)C2CC2)cc1. The molecular formula is C15H15N3O5. The van der Waals surface area contributed by atoms with E-state index in [1.807, 2.05) is 5.43 Å². The first-order valence-electron chi connectivity index (χ1n) is 6.88. The van der Waals surface area contributed by atoms with Gasteiger partial charge in [0.2, 0.25) is 5.91 Å². The highest BCUT2D eigenvalue weighted by molar-refractivity contribution is 5.99. The second kappa shape index (κ2) is 7.21. The molecule has 3 amide bonds. The summed E-state index contributed by atoms with van der Waals surface area (Å²) in [5.41, 5.74) is 5.05. The lowest BCUT2D eigenvalue weighted by Crippen LogP contribution is -2.40. The second-order valence-corrected chi connectivity index (χ2v) is 4.96. The standard InChI is InChI=1S/C15H15N3O5/c19-12(7-8-13(20)21)17-18-15(23)10-3-5-11(6-4-10)16-14(22)9-1-2-9/h3-9H,1-2H2,(H,16,22)(H,17,19)(H,18,23)(H,20,21)/b8-7+. The highest BCUT2D eigenvalue weighted by Gasteiger charge is 2.29. The van der Waals surface area contributed by atoms with E-state index in [1.165, 1.54) is 12.1 Å². The molecule has 1 aromatic rings. The van der Waals surface area contributed by atoms with Crippen LogP contribution < -0.4 is 16.2 Å². The van der Waals surface area contributed by atoms with Crippen LogP contribution in [0.1, 0.15) is 23.2 Å². The Morgan fingerprint density at radius 3 is 2.22 bits per heavy atom. The summed E-state index contributed by atoms with van der Waals surface area (Å²) in [7, 11) is 0. The number of carbonyl (C=O) groups excluding carboxylic acids is 3. The summed E-state index contributed by atoms with van der Waals surface area (Å²) < 4.78 is 0. The Hall–Kier alpha value is -3.16. The van der Waals surface area contributed by atoms with Crippen molar-refractivity contribution in [3.05, 3.63) is 42.0 Å². The van der Waals surface area contributed by atoms with E-state index >= 15 is 0 Å². The zero-order valence-electron chi connectivity index (χ0n) is 12.0. The number of hydrazine groups is 1. The summed E-state index contributed by atoms with van der Waals surface area (Å²) >= 11 is 0. The number of hydrogen-bond donors (Lipinski definition) is 4. The monoisotopic (exact) mass is 317 g/mol. The predicted molar refractivity (Wildman–Crippen MR) is 80.2 cm³/mol. The molecule has 0 radical (unpaired) electrons. The van der Waals surface area contributed by atoms with E-state index in [0.717, 1.165) is 18.9 Å². The first-order chi connectivity index (χ1) is 11.0. The summed E-state index contributed by atoms with van der Waals surface area (Å²) in [6.45, 7) is 0. The molecule has 4 N–H and O–H groups in total. The third kappa shape index (κ3) is 5.27. The Labute approximate surface area is 131 Å². The molecule has 0 aromatic heterocycles. The number of carboxylic acid groups (broad SMARTS) is 1. The molecule has 23 heavy (non-hydrogen) atoms. The van der Waals surface area contributed by atoms with Gasteiger partial charge in [-0.1, -0.05) is 0 Å². The van der Waals surface area contributed by atoms with Gasteiger partial charge in [0.05, 0.1) is 0 Å². The van der Waals surface area contributed by atoms with Crippen molar-refractivity contribution in [2.75, 3.05) is 5.32 Å². The number of anilines is 1. The van der Waals surface area contributed by atoms with Gasteiger partial charge < -0.3 is 10.4 Å². The van der Waals surface area contributed by atoms with Gasteiger partial charge in [-0.3, -0.25) is 25.2 Å². The molecule has 1 aliphatic carbocycles. The Kier molecular flexibility index (Phi) is 5.08. The Bertz CT molecular complexity index is 662. The lowest BCUT2D eigenvalue weighted by atomic mass is 10.2. The second-order valence-electron chi connectivity index (χ2n) is 4.96. The van der Waals surface area contributed by atoms with Gasteiger partial charge in [0.15, 0.2) is 0 Å². The molecule has 1 aliphatic rings. The van der Waals surface area contributed by atoms with Crippen molar-refractivity contribution in [1.82, 2.24) is 10.9 Å². The average Bonchev–Trinajstić information content (AvgIpc) is 3.36. The van der Waals surface area contributed by atoms with Gasteiger partial charge in [-0.2, -0.15) is 0 Å². The lowest BCUT2D eigenvalue weighted by Gasteiger charge is -2.07. The van der Waals surface area contributed by atoms with E-state index in [1.54, 1.807) is 12.1 Å². The van der Waals surface area contributed by atoms with Crippen molar-refractivity contribution in [3.63, 3.8) is 0 Å². The van der Waals surface area contributed by atoms with Gasteiger partial charge in [0.1, 0.15) is 0 Å². The van der Waals surface area contributed by atoms with Crippen molar-refractivity contribution in [3.8, 4) is 0 Å². The minimum atomic E-state index is -1.27. The van der Waals surface area contributed by atoms with Crippen molar-refractivity contribution in [2.24, 2.45) is 5.92 Å². The molecule has 0 spiro atoms. The van der Waals surface area contributed by atoms with Crippen molar-refractivity contribution < 1.29 is 24.3 Å². The number of carbonyl (C=O) groups is 4. The van der Waals surface area contributed by atoms with Crippen LogP contribution in [0.5, 0.6) is 0 Å². The van der Waals surface area contributed by atoms with Crippen LogP contribution in [0, 0.1) is 5.92 Å². The summed E-state index contributed by atoms with van der Waals surface area (Å²) in [6, 6.07) is 6.16. The summed E-state index contributed by atoms with van der Waals surface area (Å²) in [5, 5.41) is 11.1. The third-order valence-corrected chi connectivity index (χ3v) is 3.04. The summed E-state index contributed by atoms with van der Waals surface area (Å²) in [5.74, 6) is -2.54. The van der Waals surface area contributed by atoms with Crippen LogP contribution in [0.2, 0.25) is 0 Å². The quantitative estimate of drug-likeness (QED) is 0.463. The predicted octanol–water partition coefficient (Wildman–Crippen LogP) is 0.437. The molecule has 0 saturated heterocycles. The number of benzene rings is 1. The number of amides is 3. The highest BCUT2D eigenvalue weighted by atomic mass is 16.4. The topological polar surface area (TPSA) is 125 Å². The molecule has 1 fully saturated rings. The maximum absolute atomic E-state index is 11.8. The van der Waals surface area contributed by atoms with Crippen LogP contribution >= 0.6 is 0 Å². The highest BCUT2D eigenvalue weighted by Crippen LogP contribution is 2.30. The van der Waals surface area contributed by atoms with Crippen LogP contribution in [0.15, 0.2) is 36.4 Å². The Morgan fingerprint density at radius 1 is 1.00 bits per heavy atom. The molecule has 8 heteroatoms. The van der Waals surface area contributed by atoms with E-state index in [2.05, 4.69) is 10.7 Å². The zero-order valence-corrected chi connectivity index (χ0v) is 12.0. The van der Waals surface area contributed by atoms with Gasteiger partial charge >= 0.3 is 5.97 Å². The number of rotatable bonds is 5. The molecule has 8 nitrogen and oxygen atoms in total. The fraction of sp³-hybridized carbons (Fsp3) is 0.200. The molecule has 120 valence electrons. The number of hydrogen-bond acceptors (Lipinski definition) is 4. The van der Waals surface area contributed by atoms with E-state index in [-0.39, 0.29) is 17.4 Å². The number of aliphatic carboxylic acids is 1. The van der Waals surface area contributed by atoms with Gasteiger partial charge in [-0.25, -0.2) is 4.79 Å². The van der Waals surface area contributed by atoms with Gasteiger partial charge in [-0.05, 0) is 37.1 Å². The lowest BCUT2D eigenvalue weighted by molar-refractivity contribution is -0.131. The molecule has 1 saturated carbocycles. The summed E-state index contributed by atoms with van der Waals surface area (Å²) in [4.78, 5) is 44.8. The van der Waals surface area contributed by atoms with Crippen LogP contribution in [0.4, 0.5) is 5.69 Å². The first kappa shape index (κ1) is 16.2. The van der Waals surface area contributed by atoms with E-state index in [9.17, 15) is 19.2 Å². The fourth-order valence-corrected chi connectivity index (χ4v) is 1.67. The minimum Gasteiger partial charge on any atom is -0.478 e. The zero-order chi connectivity index (χ0) is 16.8. The van der Waals surface area contributed by atoms with E-state index in [4.69, 9.17) is 5.11 Å². The van der Waals surface area contributed by atoms with E-state index in [0.29, 0.717) is 11.8 Å².